The number of nitrogens with one attached hydrogen (secondary N) is 1. The largest absolute Gasteiger partial charge is 0.478 e. The molecule has 21 heavy (non-hydrogen) atoms. The van der Waals surface area contributed by atoms with Crippen LogP contribution in [0.25, 0.3) is 10.9 Å². The molecule has 0 atom stereocenters. The van der Waals surface area contributed by atoms with E-state index in [1.807, 2.05) is 0 Å². The van der Waals surface area contributed by atoms with Crippen LogP contribution in [-0.2, 0) is 0 Å². The molecule has 0 bridgehead atoms. The summed E-state index contributed by atoms with van der Waals surface area (Å²) in [5.41, 5.74) is 0.612. The number of aliphatic hydroxyl groups excluding tert-OH is 1. The average Bonchev–Trinajstić information content (AvgIpc) is 2.95. The van der Waals surface area contributed by atoms with Gasteiger partial charge in [0, 0.05) is 5.39 Å². The Morgan fingerprint density at radius 2 is 2.00 bits per heavy atom. The Labute approximate surface area is 122 Å². The minimum atomic E-state index is -0.953. The first-order valence-corrected chi connectivity index (χ1v) is 7.16. The third kappa shape index (κ3) is 2.56. The summed E-state index contributed by atoms with van der Waals surface area (Å²) in [6, 6.07) is 8.62. The molecule has 0 spiro atoms. The Balaban J connectivity index is 1.96. The maximum atomic E-state index is 11.2. The van der Waals surface area contributed by atoms with Crippen LogP contribution in [0.5, 0.6) is 0 Å². The maximum absolute atomic E-state index is 11.2. The van der Waals surface area contributed by atoms with Crippen LogP contribution in [-0.4, -0.2) is 33.3 Å². The summed E-state index contributed by atoms with van der Waals surface area (Å²) in [6.45, 7) is 0.0852. The van der Waals surface area contributed by atoms with Crippen LogP contribution in [0.15, 0.2) is 30.3 Å². The number of rotatable bonds is 4. The van der Waals surface area contributed by atoms with Gasteiger partial charge in [-0.2, -0.15) is 0 Å². The molecule has 1 aromatic carbocycles. The van der Waals surface area contributed by atoms with Gasteiger partial charge in [0.2, 0.25) is 0 Å². The van der Waals surface area contributed by atoms with E-state index in [9.17, 15) is 15.0 Å². The number of aliphatic hydroxyl groups is 1. The number of fused-ring (bicyclic) bond motifs is 1. The topological polar surface area (TPSA) is 82.5 Å². The number of pyridine rings is 1. The van der Waals surface area contributed by atoms with Crippen molar-refractivity contribution in [3.63, 3.8) is 0 Å². The third-order valence-electron chi connectivity index (χ3n) is 4.22. The normalized spacial score (nSPS) is 17.0. The van der Waals surface area contributed by atoms with E-state index in [0.29, 0.717) is 16.7 Å². The van der Waals surface area contributed by atoms with Crippen LogP contribution in [0.3, 0.4) is 0 Å². The molecule has 0 radical (unpaired) electrons. The first-order valence-electron chi connectivity index (χ1n) is 7.16. The highest BCUT2D eigenvalue weighted by molar-refractivity contribution is 6.02. The third-order valence-corrected chi connectivity index (χ3v) is 4.22. The van der Waals surface area contributed by atoms with Gasteiger partial charge >= 0.3 is 5.97 Å². The molecule has 5 heteroatoms. The Hall–Kier alpha value is -2.14. The fourth-order valence-electron chi connectivity index (χ4n) is 3.06. The first-order chi connectivity index (χ1) is 10.1. The molecule has 0 aliphatic heterocycles. The van der Waals surface area contributed by atoms with Crippen molar-refractivity contribution in [3.8, 4) is 0 Å². The second-order valence-electron chi connectivity index (χ2n) is 5.64. The lowest BCUT2D eigenvalue weighted by molar-refractivity contribution is 0.0699. The molecule has 1 aliphatic carbocycles. The van der Waals surface area contributed by atoms with Gasteiger partial charge in [-0.15, -0.1) is 0 Å². The highest BCUT2D eigenvalue weighted by atomic mass is 16.4. The molecule has 0 amide bonds. The molecular formula is C16H18N2O3. The summed E-state index contributed by atoms with van der Waals surface area (Å²) in [5, 5.41) is 22.8. The van der Waals surface area contributed by atoms with Crippen LogP contribution in [0.4, 0.5) is 5.82 Å². The van der Waals surface area contributed by atoms with Crippen LogP contribution in [0.1, 0.15) is 36.0 Å². The van der Waals surface area contributed by atoms with Gasteiger partial charge in [-0.1, -0.05) is 18.9 Å². The number of aromatic nitrogens is 1. The summed E-state index contributed by atoms with van der Waals surface area (Å²) in [7, 11) is 0. The van der Waals surface area contributed by atoms with Crippen molar-refractivity contribution in [1.82, 2.24) is 4.98 Å². The standard InChI is InChI=1S/C16H18N2O3/c19-10-16(8-1-2-9-16)18-14-7-6-11-12(15(20)21)4-3-5-13(11)17-14/h3-7,19H,1-2,8-10H2,(H,17,18)(H,20,21). The molecule has 110 valence electrons. The Bertz CT molecular complexity index is 678. The summed E-state index contributed by atoms with van der Waals surface area (Å²) in [4.78, 5) is 15.7. The van der Waals surface area contributed by atoms with E-state index in [2.05, 4.69) is 10.3 Å². The van der Waals surface area contributed by atoms with E-state index < -0.39 is 5.97 Å². The number of hydrogen-bond donors (Lipinski definition) is 3. The molecule has 3 rings (SSSR count). The van der Waals surface area contributed by atoms with Gasteiger partial charge in [0.05, 0.1) is 23.2 Å². The van der Waals surface area contributed by atoms with Crippen LogP contribution in [0.2, 0.25) is 0 Å². The predicted octanol–water partition coefficient (Wildman–Crippen LogP) is 2.65. The van der Waals surface area contributed by atoms with E-state index in [0.717, 1.165) is 25.7 Å². The van der Waals surface area contributed by atoms with Crippen molar-refractivity contribution in [2.45, 2.75) is 31.2 Å². The van der Waals surface area contributed by atoms with Crippen molar-refractivity contribution in [1.29, 1.82) is 0 Å². The van der Waals surface area contributed by atoms with Crippen molar-refractivity contribution in [3.05, 3.63) is 35.9 Å². The second kappa shape index (κ2) is 5.33. The van der Waals surface area contributed by atoms with Crippen molar-refractivity contribution < 1.29 is 15.0 Å². The molecule has 0 saturated heterocycles. The van der Waals surface area contributed by atoms with E-state index >= 15 is 0 Å². The number of carboxylic acid groups (broad SMARTS) is 1. The Kier molecular flexibility index (Phi) is 3.51. The summed E-state index contributed by atoms with van der Waals surface area (Å²) >= 11 is 0. The molecule has 0 unspecified atom stereocenters. The van der Waals surface area contributed by atoms with E-state index in [4.69, 9.17) is 0 Å². The van der Waals surface area contributed by atoms with Gasteiger partial charge in [-0.3, -0.25) is 0 Å². The Morgan fingerprint density at radius 3 is 2.67 bits per heavy atom. The summed E-state index contributed by atoms with van der Waals surface area (Å²) < 4.78 is 0. The van der Waals surface area contributed by atoms with Crippen LogP contribution in [0, 0.1) is 0 Å². The fourth-order valence-corrected chi connectivity index (χ4v) is 3.06. The van der Waals surface area contributed by atoms with Gasteiger partial charge < -0.3 is 15.5 Å². The second-order valence-corrected chi connectivity index (χ2v) is 5.64. The maximum Gasteiger partial charge on any atom is 0.336 e. The van der Waals surface area contributed by atoms with Gasteiger partial charge in [0.15, 0.2) is 0 Å². The monoisotopic (exact) mass is 286 g/mol. The van der Waals surface area contributed by atoms with Crippen molar-refractivity contribution in [2.75, 3.05) is 11.9 Å². The lowest BCUT2D eigenvalue weighted by Gasteiger charge is -2.28. The number of hydrogen-bond acceptors (Lipinski definition) is 4. The number of aromatic carboxylic acids is 1. The highest BCUT2D eigenvalue weighted by Crippen LogP contribution is 2.32. The van der Waals surface area contributed by atoms with E-state index in [1.54, 1.807) is 30.3 Å². The first kappa shape index (κ1) is 13.8. The van der Waals surface area contributed by atoms with Crippen LogP contribution < -0.4 is 5.32 Å². The van der Waals surface area contributed by atoms with Gasteiger partial charge in [0.1, 0.15) is 5.82 Å². The quantitative estimate of drug-likeness (QED) is 0.805. The van der Waals surface area contributed by atoms with E-state index in [1.165, 1.54) is 0 Å². The molecule has 1 aliphatic rings. The fraction of sp³-hybridized carbons (Fsp3) is 0.375. The zero-order chi connectivity index (χ0) is 14.9. The van der Waals surface area contributed by atoms with Gasteiger partial charge in [-0.25, -0.2) is 9.78 Å². The minimum Gasteiger partial charge on any atom is -0.478 e. The van der Waals surface area contributed by atoms with E-state index in [-0.39, 0.29) is 17.7 Å². The highest BCUT2D eigenvalue weighted by Gasteiger charge is 2.33. The molecule has 2 aromatic rings. The molecule has 1 fully saturated rings. The number of carbonyl (C=O) groups is 1. The SMILES string of the molecule is O=C(O)c1cccc2nc(NC3(CO)CCCC3)ccc12. The predicted molar refractivity (Wildman–Crippen MR) is 80.6 cm³/mol. The Morgan fingerprint density at radius 1 is 1.24 bits per heavy atom. The van der Waals surface area contributed by atoms with Crippen LogP contribution >= 0.6 is 0 Å². The average molecular weight is 286 g/mol. The minimum absolute atomic E-state index is 0.0852. The summed E-state index contributed by atoms with van der Waals surface area (Å²) in [5.74, 6) is -0.272. The zero-order valence-corrected chi connectivity index (χ0v) is 11.7. The zero-order valence-electron chi connectivity index (χ0n) is 11.7. The molecule has 5 nitrogen and oxygen atoms in total. The molecule has 1 saturated carbocycles. The van der Waals surface area contributed by atoms with Crippen molar-refractivity contribution in [2.24, 2.45) is 0 Å². The number of anilines is 1. The molecule has 3 N–H and O–H groups in total. The lowest BCUT2D eigenvalue weighted by atomic mass is 9.99. The molecular weight excluding hydrogens is 268 g/mol. The van der Waals surface area contributed by atoms with Crippen molar-refractivity contribution >= 4 is 22.7 Å². The molecule has 1 aromatic heterocycles. The smallest absolute Gasteiger partial charge is 0.336 e. The molecule has 1 heterocycles. The lowest BCUT2D eigenvalue weighted by Crippen LogP contribution is -2.39. The van der Waals surface area contributed by atoms with Gasteiger partial charge in [-0.05, 0) is 37.1 Å². The number of benzene rings is 1. The number of nitrogens with zero attached hydrogens (tertiary/aromatic N) is 1. The van der Waals surface area contributed by atoms with Gasteiger partial charge in [0.25, 0.3) is 0 Å². The summed E-state index contributed by atoms with van der Waals surface area (Å²) in [6.07, 6.45) is 4.06. The number of carboxylic acids is 1.